The van der Waals surface area contributed by atoms with E-state index in [1.54, 1.807) is 7.11 Å². The summed E-state index contributed by atoms with van der Waals surface area (Å²) in [5, 5.41) is 3.62. The Morgan fingerprint density at radius 2 is 2.06 bits per heavy atom. The molecular weight excluding hydrogens is 214 g/mol. The number of nitrogens with two attached hydrogens (primary N) is 1. The fourth-order valence-corrected chi connectivity index (χ4v) is 2.42. The Bertz CT molecular complexity index is 203. The number of piperidine rings is 1. The lowest BCUT2D eigenvalue weighted by Gasteiger charge is -2.42. The molecular formula is C13H29N3O. The van der Waals surface area contributed by atoms with Crippen molar-refractivity contribution in [1.82, 2.24) is 10.2 Å². The van der Waals surface area contributed by atoms with Crippen LogP contribution in [-0.4, -0.2) is 56.4 Å². The van der Waals surface area contributed by atoms with Crippen LogP contribution in [0.15, 0.2) is 0 Å². The summed E-state index contributed by atoms with van der Waals surface area (Å²) < 4.78 is 5.28. The van der Waals surface area contributed by atoms with E-state index < -0.39 is 0 Å². The lowest BCUT2D eigenvalue weighted by atomic mass is 9.87. The monoisotopic (exact) mass is 243 g/mol. The van der Waals surface area contributed by atoms with E-state index in [2.05, 4.69) is 24.1 Å². The molecule has 17 heavy (non-hydrogen) atoms. The average molecular weight is 243 g/mol. The van der Waals surface area contributed by atoms with Gasteiger partial charge in [0.15, 0.2) is 0 Å². The van der Waals surface area contributed by atoms with Crippen LogP contribution in [0, 0.1) is 0 Å². The highest BCUT2D eigenvalue weighted by molar-refractivity contribution is 4.94. The number of nitrogens with zero attached hydrogens (tertiary/aromatic N) is 1. The Hall–Kier alpha value is -0.160. The summed E-state index contributed by atoms with van der Waals surface area (Å²) in [7, 11) is 1.76. The molecule has 0 bridgehead atoms. The van der Waals surface area contributed by atoms with Crippen molar-refractivity contribution in [3.05, 3.63) is 0 Å². The average Bonchev–Trinajstić information content (AvgIpc) is 2.38. The summed E-state index contributed by atoms with van der Waals surface area (Å²) in [6.07, 6.45) is 3.80. The molecule has 0 aliphatic carbocycles. The number of rotatable bonds is 7. The largest absolute Gasteiger partial charge is 0.380 e. The van der Waals surface area contributed by atoms with Crippen molar-refractivity contribution in [2.24, 2.45) is 5.73 Å². The minimum Gasteiger partial charge on any atom is -0.380 e. The number of likely N-dealkylation sites (tertiary alicyclic amines) is 1. The van der Waals surface area contributed by atoms with Gasteiger partial charge in [0.05, 0.1) is 6.10 Å². The van der Waals surface area contributed by atoms with Crippen LogP contribution in [-0.2, 0) is 4.74 Å². The lowest BCUT2D eigenvalue weighted by Crippen LogP contribution is -2.58. The summed E-state index contributed by atoms with van der Waals surface area (Å²) in [4.78, 5) is 2.54. The number of methoxy groups -OCH3 is 1. The molecule has 1 saturated heterocycles. The first-order valence-corrected chi connectivity index (χ1v) is 6.86. The molecule has 1 rings (SSSR count). The maximum Gasteiger partial charge on any atom is 0.0667 e. The fraction of sp³-hybridized carbons (Fsp3) is 1.00. The highest BCUT2D eigenvalue weighted by atomic mass is 16.5. The Kier molecular flexibility index (Phi) is 6.41. The van der Waals surface area contributed by atoms with E-state index in [1.807, 2.05) is 0 Å². The van der Waals surface area contributed by atoms with Crippen molar-refractivity contribution in [1.29, 1.82) is 0 Å². The molecule has 4 nitrogen and oxygen atoms in total. The van der Waals surface area contributed by atoms with Gasteiger partial charge in [-0.25, -0.2) is 0 Å². The second-order valence-corrected chi connectivity index (χ2v) is 5.25. The Morgan fingerprint density at radius 1 is 1.41 bits per heavy atom. The van der Waals surface area contributed by atoms with Crippen molar-refractivity contribution < 1.29 is 4.74 Å². The summed E-state index contributed by atoms with van der Waals surface area (Å²) in [5.74, 6) is 0. The minimum absolute atomic E-state index is 0.136. The maximum absolute atomic E-state index is 5.96. The van der Waals surface area contributed by atoms with Gasteiger partial charge in [-0.2, -0.15) is 0 Å². The molecule has 0 spiro atoms. The van der Waals surface area contributed by atoms with Crippen LogP contribution in [0.2, 0.25) is 0 Å². The van der Waals surface area contributed by atoms with E-state index >= 15 is 0 Å². The van der Waals surface area contributed by atoms with Crippen molar-refractivity contribution in [3.63, 3.8) is 0 Å². The summed E-state index contributed by atoms with van der Waals surface area (Å²) in [5.41, 5.74) is 6.10. The molecule has 1 unspecified atom stereocenters. The SMILES string of the molecule is CCCN1CCC(CN)(NCC(C)OC)CC1. The minimum atomic E-state index is 0.136. The molecule has 0 amide bonds. The van der Waals surface area contributed by atoms with Gasteiger partial charge in [-0.1, -0.05) is 6.92 Å². The second kappa shape index (κ2) is 7.31. The molecule has 1 aliphatic rings. The van der Waals surface area contributed by atoms with Crippen LogP contribution in [0.25, 0.3) is 0 Å². The molecule has 4 heteroatoms. The number of hydrogen-bond acceptors (Lipinski definition) is 4. The zero-order valence-corrected chi connectivity index (χ0v) is 11.7. The van der Waals surface area contributed by atoms with Crippen LogP contribution in [0.5, 0.6) is 0 Å². The molecule has 1 aliphatic heterocycles. The molecule has 0 radical (unpaired) electrons. The van der Waals surface area contributed by atoms with Gasteiger partial charge in [0.2, 0.25) is 0 Å². The van der Waals surface area contributed by atoms with Crippen LogP contribution < -0.4 is 11.1 Å². The van der Waals surface area contributed by atoms with Crippen molar-refractivity contribution in [2.75, 3.05) is 39.8 Å². The zero-order valence-electron chi connectivity index (χ0n) is 11.7. The number of nitrogens with one attached hydrogen (secondary N) is 1. The lowest BCUT2D eigenvalue weighted by molar-refractivity contribution is 0.0882. The van der Waals surface area contributed by atoms with Crippen LogP contribution >= 0.6 is 0 Å². The van der Waals surface area contributed by atoms with E-state index in [0.29, 0.717) is 0 Å². The second-order valence-electron chi connectivity index (χ2n) is 5.25. The predicted molar refractivity (Wildman–Crippen MR) is 72.2 cm³/mol. The van der Waals surface area contributed by atoms with Crippen molar-refractivity contribution in [3.8, 4) is 0 Å². The molecule has 0 aromatic heterocycles. The third-order valence-corrected chi connectivity index (χ3v) is 3.91. The van der Waals surface area contributed by atoms with Crippen LogP contribution in [0.4, 0.5) is 0 Å². The third-order valence-electron chi connectivity index (χ3n) is 3.91. The van der Waals surface area contributed by atoms with Gasteiger partial charge in [-0.15, -0.1) is 0 Å². The molecule has 1 fully saturated rings. The Balaban J connectivity index is 2.38. The zero-order chi connectivity index (χ0) is 12.7. The van der Waals surface area contributed by atoms with Gasteiger partial charge in [0, 0.05) is 25.7 Å². The summed E-state index contributed by atoms with van der Waals surface area (Å²) >= 11 is 0. The van der Waals surface area contributed by atoms with Gasteiger partial charge >= 0.3 is 0 Å². The smallest absolute Gasteiger partial charge is 0.0667 e. The maximum atomic E-state index is 5.96. The first kappa shape index (κ1) is 14.9. The van der Waals surface area contributed by atoms with E-state index in [4.69, 9.17) is 10.5 Å². The number of hydrogen-bond donors (Lipinski definition) is 2. The molecule has 102 valence electrons. The van der Waals surface area contributed by atoms with Gasteiger partial charge in [-0.3, -0.25) is 0 Å². The van der Waals surface area contributed by atoms with Crippen molar-refractivity contribution >= 4 is 0 Å². The molecule has 1 atom stereocenters. The summed E-state index contributed by atoms with van der Waals surface area (Å²) in [6, 6.07) is 0. The van der Waals surface area contributed by atoms with E-state index in [1.165, 1.54) is 26.1 Å². The molecule has 0 aromatic carbocycles. The van der Waals surface area contributed by atoms with Crippen LogP contribution in [0.1, 0.15) is 33.1 Å². The standard InChI is InChI=1S/C13H29N3O/c1-4-7-16-8-5-13(11-14,6-9-16)15-10-12(2)17-3/h12,15H,4-11,14H2,1-3H3. The summed E-state index contributed by atoms with van der Waals surface area (Å²) in [6.45, 7) is 9.49. The molecule has 3 N–H and O–H groups in total. The molecule has 0 saturated carbocycles. The first-order chi connectivity index (χ1) is 8.15. The molecule has 1 heterocycles. The van der Waals surface area contributed by atoms with Crippen LogP contribution in [0.3, 0.4) is 0 Å². The van der Waals surface area contributed by atoms with Gasteiger partial charge in [-0.05, 0) is 45.8 Å². The highest BCUT2D eigenvalue weighted by Gasteiger charge is 2.32. The third kappa shape index (κ3) is 4.54. The Morgan fingerprint density at radius 3 is 2.53 bits per heavy atom. The highest BCUT2D eigenvalue weighted by Crippen LogP contribution is 2.21. The van der Waals surface area contributed by atoms with Crippen molar-refractivity contribution in [2.45, 2.75) is 44.8 Å². The van der Waals surface area contributed by atoms with E-state index in [-0.39, 0.29) is 11.6 Å². The van der Waals surface area contributed by atoms with E-state index in [9.17, 15) is 0 Å². The quantitative estimate of drug-likeness (QED) is 0.695. The van der Waals surface area contributed by atoms with Gasteiger partial charge in [0.25, 0.3) is 0 Å². The van der Waals surface area contributed by atoms with Gasteiger partial charge < -0.3 is 20.7 Å². The topological polar surface area (TPSA) is 50.5 Å². The number of ether oxygens (including phenoxy) is 1. The predicted octanol–water partition coefficient (Wildman–Crippen LogP) is 0.814. The van der Waals surface area contributed by atoms with E-state index in [0.717, 1.165) is 25.9 Å². The molecule has 0 aromatic rings. The first-order valence-electron chi connectivity index (χ1n) is 6.86. The normalized spacial score (nSPS) is 22.6. The fourth-order valence-electron chi connectivity index (χ4n) is 2.42. The van der Waals surface area contributed by atoms with Gasteiger partial charge in [0.1, 0.15) is 0 Å². The Labute approximate surface area is 106 Å².